The molecule has 0 saturated carbocycles. The number of pyridine rings is 1. The van der Waals surface area contributed by atoms with E-state index in [-0.39, 0.29) is 5.91 Å². The van der Waals surface area contributed by atoms with E-state index in [0.29, 0.717) is 19.1 Å². The quantitative estimate of drug-likeness (QED) is 0.756. The lowest BCUT2D eigenvalue weighted by atomic mass is 10.2. The van der Waals surface area contributed by atoms with Crippen molar-refractivity contribution in [1.29, 1.82) is 0 Å². The normalized spacial score (nSPS) is 12.1. The third-order valence-electron chi connectivity index (χ3n) is 2.46. The average Bonchev–Trinajstić information content (AvgIpc) is 2.34. The number of amides is 1. The largest absolute Gasteiger partial charge is 0.351 e. The van der Waals surface area contributed by atoms with Crippen LogP contribution in [-0.4, -0.2) is 23.5 Å². The highest BCUT2D eigenvalue weighted by Gasteiger charge is 2.03. The molecule has 1 aromatic rings. The summed E-state index contributed by atoms with van der Waals surface area (Å²) >= 11 is 0. The molecule has 0 bridgehead atoms. The van der Waals surface area contributed by atoms with Gasteiger partial charge < -0.3 is 10.6 Å². The molecule has 0 saturated heterocycles. The Labute approximate surface area is 96.5 Å². The summed E-state index contributed by atoms with van der Waals surface area (Å²) in [5.41, 5.74) is 1.06. The van der Waals surface area contributed by atoms with Gasteiger partial charge in [-0.3, -0.25) is 9.78 Å². The molecule has 1 unspecified atom stereocenters. The van der Waals surface area contributed by atoms with E-state index >= 15 is 0 Å². The monoisotopic (exact) mass is 221 g/mol. The predicted molar refractivity (Wildman–Crippen MR) is 63.8 cm³/mol. The second-order valence-corrected chi connectivity index (χ2v) is 3.82. The Hall–Kier alpha value is -1.42. The van der Waals surface area contributed by atoms with Crippen molar-refractivity contribution in [3.05, 3.63) is 30.1 Å². The number of nitrogens with one attached hydrogen (secondary N) is 2. The first-order valence-electron chi connectivity index (χ1n) is 5.61. The van der Waals surface area contributed by atoms with Crippen LogP contribution < -0.4 is 10.6 Å². The number of hydrogen-bond acceptors (Lipinski definition) is 3. The van der Waals surface area contributed by atoms with Crippen LogP contribution >= 0.6 is 0 Å². The van der Waals surface area contributed by atoms with Gasteiger partial charge in [-0.15, -0.1) is 0 Å². The highest BCUT2D eigenvalue weighted by atomic mass is 16.1. The van der Waals surface area contributed by atoms with E-state index in [1.165, 1.54) is 0 Å². The molecule has 0 aromatic carbocycles. The van der Waals surface area contributed by atoms with E-state index in [0.717, 1.165) is 12.0 Å². The Morgan fingerprint density at radius 1 is 1.44 bits per heavy atom. The number of rotatable bonds is 6. The zero-order valence-electron chi connectivity index (χ0n) is 9.86. The molecular weight excluding hydrogens is 202 g/mol. The Morgan fingerprint density at radius 2 is 2.12 bits per heavy atom. The van der Waals surface area contributed by atoms with Gasteiger partial charge >= 0.3 is 0 Å². The maximum absolute atomic E-state index is 11.4. The molecule has 1 amide bonds. The highest BCUT2D eigenvalue weighted by Crippen LogP contribution is 1.94. The molecule has 0 spiro atoms. The molecular formula is C12H19N3O. The van der Waals surface area contributed by atoms with Crippen LogP contribution in [0.4, 0.5) is 0 Å². The molecule has 0 fully saturated rings. The van der Waals surface area contributed by atoms with E-state index in [9.17, 15) is 4.79 Å². The fourth-order valence-corrected chi connectivity index (χ4v) is 1.18. The van der Waals surface area contributed by atoms with E-state index < -0.39 is 0 Å². The third-order valence-corrected chi connectivity index (χ3v) is 2.46. The maximum Gasteiger partial charge on any atom is 0.234 e. The molecule has 1 rings (SSSR count). The summed E-state index contributed by atoms with van der Waals surface area (Å²) in [5.74, 6) is 0.0251. The second kappa shape index (κ2) is 6.95. The Kier molecular flexibility index (Phi) is 5.50. The van der Waals surface area contributed by atoms with Gasteiger partial charge in [-0.25, -0.2) is 0 Å². The number of carbonyl (C=O) groups excluding carboxylic acids is 1. The first kappa shape index (κ1) is 12.6. The lowest BCUT2D eigenvalue weighted by molar-refractivity contribution is -0.120. The smallest absolute Gasteiger partial charge is 0.234 e. The van der Waals surface area contributed by atoms with Gasteiger partial charge in [-0.2, -0.15) is 0 Å². The van der Waals surface area contributed by atoms with E-state index in [1.807, 2.05) is 12.1 Å². The molecule has 2 N–H and O–H groups in total. The minimum atomic E-state index is 0.0251. The van der Waals surface area contributed by atoms with Crippen molar-refractivity contribution >= 4 is 5.91 Å². The van der Waals surface area contributed by atoms with Crippen molar-refractivity contribution < 1.29 is 4.79 Å². The van der Waals surface area contributed by atoms with Crippen molar-refractivity contribution in [1.82, 2.24) is 15.6 Å². The summed E-state index contributed by atoms with van der Waals surface area (Å²) in [6, 6.07) is 4.16. The Bertz CT molecular complexity index is 313. The molecule has 0 aliphatic carbocycles. The van der Waals surface area contributed by atoms with Crippen LogP contribution in [0, 0.1) is 0 Å². The highest BCUT2D eigenvalue weighted by molar-refractivity contribution is 5.77. The minimum Gasteiger partial charge on any atom is -0.351 e. The van der Waals surface area contributed by atoms with Gasteiger partial charge in [-0.05, 0) is 31.0 Å². The second-order valence-electron chi connectivity index (χ2n) is 3.82. The maximum atomic E-state index is 11.4. The summed E-state index contributed by atoms with van der Waals surface area (Å²) in [5, 5.41) is 5.99. The zero-order chi connectivity index (χ0) is 11.8. The van der Waals surface area contributed by atoms with Crippen LogP contribution in [0.15, 0.2) is 24.5 Å². The van der Waals surface area contributed by atoms with Crippen molar-refractivity contribution in [3.8, 4) is 0 Å². The van der Waals surface area contributed by atoms with Crippen LogP contribution in [-0.2, 0) is 11.3 Å². The standard InChI is InChI=1S/C12H19N3O/c1-3-10(2)14-9-12(16)15-8-11-4-6-13-7-5-11/h4-7,10,14H,3,8-9H2,1-2H3,(H,15,16). The zero-order valence-corrected chi connectivity index (χ0v) is 9.86. The van der Waals surface area contributed by atoms with Gasteiger partial charge in [-0.1, -0.05) is 6.92 Å². The SMILES string of the molecule is CCC(C)NCC(=O)NCc1ccncc1. The van der Waals surface area contributed by atoms with Gasteiger partial charge in [0.2, 0.25) is 5.91 Å². The number of hydrogen-bond donors (Lipinski definition) is 2. The summed E-state index contributed by atoms with van der Waals surface area (Å²) in [7, 11) is 0. The summed E-state index contributed by atoms with van der Waals surface area (Å²) in [4.78, 5) is 15.4. The molecule has 0 aliphatic rings. The van der Waals surface area contributed by atoms with Gasteiger partial charge in [0.1, 0.15) is 0 Å². The van der Waals surface area contributed by atoms with Gasteiger partial charge in [0, 0.05) is 25.0 Å². The molecule has 0 aliphatic heterocycles. The molecule has 88 valence electrons. The molecule has 16 heavy (non-hydrogen) atoms. The minimum absolute atomic E-state index is 0.0251. The first-order valence-corrected chi connectivity index (χ1v) is 5.61. The molecule has 1 aromatic heterocycles. The Balaban J connectivity index is 2.20. The van der Waals surface area contributed by atoms with Crippen LogP contribution in [0.1, 0.15) is 25.8 Å². The van der Waals surface area contributed by atoms with Gasteiger partial charge in [0.25, 0.3) is 0 Å². The number of aromatic nitrogens is 1. The van der Waals surface area contributed by atoms with Crippen molar-refractivity contribution in [2.45, 2.75) is 32.9 Å². The molecule has 4 heteroatoms. The molecule has 1 heterocycles. The number of carbonyl (C=O) groups is 1. The van der Waals surface area contributed by atoms with Gasteiger partial charge in [0.15, 0.2) is 0 Å². The van der Waals surface area contributed by atoms with Crippen LogP contribution in [0.2, 0.25) is 0 Å². The fraction of sp³-hybridized carbons (Fsp3) is 0.500. The Morgan fingerprint density at radius 3 is 2.75 bits per heavy atom. The van der Waals surface area contributed by atoms with Gasteiger partial charge in [0.05, 0.1) is 6.54 Å². The molecule has 4 nitrogen and oxygen atoms in total. The lowest BCUT2D eigenvalue weighted by Gasteiger charge is -2.11. The average molecular weight is 221 g/mol. The first-order chi connectivity index (χ1) is 7.72. The predicted octanol–water partition coefficient (Wildman–Crippen LogP) is 1.09. The van der Waals surface area contributed by atoms with Crippen LogP contribution in [0.5, 0.6) is 0 Å². The van der Waals surface area contributed by atoms with E-state index in [2.05, 4.69) is 29.5 Å². The van der Waals surface area contributed by atoms with Crippen molar-refractivity contribution in [2.24, 2.45) is 0 Å². The molecule has 0 radical (unpaired) electrons. The third kappa shape index (κ3) is 4.89. The molecule has 1 atom stereocenters. The fourth-order valence-electron chi connectivity index (χ4n) is 1.18. The summed E-state index contributed by atoms with van der Waals surface area (Å²) < 4.78 is 0. The topological polar surface area (TPSA) is 54.0 Å². The van der Waals surface area contributed by atoms with Crippen molar-refractivity contribution in [3.63, 3.8) is 0 Å². The summed E-state index contributed by atoms with van der Waals surface area (Å²) in [6.07, 6.45) is 4.47. The summed E-state index contributed by atoms with van der Waals surface area (Å²) in [6.45, 7) is 5.09. The van der Waals surface area contributed by atoms with E-state index in [1.54, 1.807) is 12.4 Å². The van der Waals surface area contributed by atoms with E-state index in [4.69, 9.17) is 0 Å². The lowest BCUT2D eigenvalue weighted by Crippen LogP contribution is -2.37. The van der Waals surface area contributed by atoms with Crippen LogP contribution in [0.25, 0.3) is 0 Å². The van der Waals surface area contributed by atoms with Crippen LogP contribution in [0.3, 0.4) is 0 Å². The van der Waals surface area contributed by atoms with Crippen molar-refractivity contribution in [2.75, 3.05) is 6.54 Å². The number of nitrogens with zero attached hydrogens (tertiary/aromatic N) is 1.